The zero-order valence-corrected chi connectivity index (χ0v) is 22.7. The smallest absolute Gasteiger partial charge is 0.324 e. The first kappa shape index (κ1) is 23.8. The maximum atomic E-state index is 14.6. The van der Waals surface area contributed by atoms with E-state index in [4.69, 9.17) is 14.2 Å². The van der Waals surface area contributed by atoms with Crippen LogP contribution < -0.4 is 4.74 Å². The van der Waals surface area contributed by atoms with Crippen LogP contribution in [-0.2, 0) is 25.5 Å². The molecular formula is C32H40O5. The molecule has 5 heteroatoms. The highest BCUT2D eigenvalue weighted by molar-refractivity contribution is 6.04. The monoisotopic (exact) mass is 504 g/mol. The van der Waals surface area contributed by atoms with Gasteiger partial charge in [0.15, 0.2) is 5.41 Å². The second kappa shape index (κ2) is 7.42. The summed E-state index contributed by atoms with van der Waals surface area (Å²) in [5.41, 5.74) is 0.418. The second-order valence-corrected chi connectivity index (χ2v) is 13.8. The predicted molar refractivity (Wildman–Crippen MR) is 139 cm³/mol. The average molecular weight is 505 g/mol. The van der Waals surface area contributed by atoms with E-state index < -0.39 is 11.0 Å². The van der Waals surface area contributed by atoms with Crippen molar-refractivity contribution in [3.05, 3.63) is 42.0 Å². The minimum Gasteiger partial charge on any atom is -0.497 e. The molecule has 4 saturated carbocycles. The van der Waals surface area contributed by atoms with Crippen LogP contribution in [0.5, 0.6) is 5.75 Å². The van der Waals surface area contributed by atoms with Gasteiger partial charge in [-0.15, -0.1) is 6.58 Å². The van der Waals surface area contributed by atoms with Crippen LogP contribution >= 0.6 is 0 Å². The minimum atomic E-state index is -1.31. The van der Waals surface area contributed by atoms with Gasteiger partial charge in [-0.2, -0.15) is 0 Å². The lowest BCUT2D eigenvalue weighted by Crippen LogP contribution is -2.56. The zero-order chi connectivity index (χ0) is 26.0. The Morgan fingerprint density at radius 2 is 1.97 bits per heavy atom. The van der Waals surface area contributed by atoms with Gasteiger partial charge >= 0.3 is 11.9 Å². The number of hydrogen-bond acceptors (Lipinski definition) is 5. The predicted octanol–water partition coefficient (Wildman–Crippen LogP) is 6.00. The summed E-state index contributed by atoms with van der Waals surface area (Å²) in [6.45, 7) is 11.1. The molecule has 1 aromatic carbocycles. The molecule has 9 atom stereocenters. The van der Waals surface area contributed by atoms with Crippen molar-refractivity contribution in [3.8, 4) is 5.75 Å². The molecule has 1 aromatic rings. The number of hydrogen-bond donors (Lipinski definition) is 0. The Balaban J connectivity index is 1.35. The number of aryl methyl sites for hydroxylation is 1. The third-order valence-electron chi connectivity index (χ3n) is 12.8. The molecule has 4 bridgehead atoms. The molecular weight excluding hydrogens is 464 g/mol. The molecule has 0 amide bonds. The van der Waals surface area contributed by atoms with Crippen molar-refractivity contribution in [2.45, 2.75) is 89.8 Å². The van der Waals surface area contributed by atoms with Crippen molar-refractivity contribution in [3.63, 3.8) is 0 Å². The van der Waals surface area contributed by atoms with Crippen molar-refractivity contribution in [1.82, 2.24) is 0 Å². The van der Waals surface area contributed by atoms with Crippen molar-refractivity contribution in [2.75, 3.05) is 7.11 Å². The lowest BCUT2D eigenvalue weighted by atomic mass is 9.50. The molecule has 5 fully saturated rings. The Hall–Kier alpha value is -2.30. The lowest BCUT2D eigenvalue weighted by Gasteiger charge is -2.51. The number of fused-ring (bicyclic) bond motifs is 8. The van der Waals surface area contributed by atoms with Gasteiger partial charge in [0.2, 0.25) is 0 Å². The molecule has 1 spiro atoms. The number of ether oxygens (including phenoxy) is 3. The van der Waals surface area contributed by atoms with E-state index in [9.17, 15) is 9.59 Å². The van der Waals surface area contributed by atoms with Gasteiger partial charge in [-0.3, -0.25) is 9.59 Å². The Morgan fingerprint density at radius 1 is 1.16 bits per heavy atom. The molecule has 0 aromatic heterocycles. The number of carbonyl (C=O) groups is 2. The van der Waals surface area contributed by atoms with Crippen molar-refractivity contribution < 1.29 is 23.8 Å². The Kier molecular flexibility index (Phi) is 4.77. The fourth-order valence-corrected chi connectivity index (χ4v) is 10.3. The quantitative estimate of drug-likeness (QED) is 0.286. The van der Waals surface area contributed by atoms with Gasteiger partial charge in [-0.1, -0.05) is 32.9 Å². The summed E-state index contributed by atoms with van der Waals surface area (Å²) in [5.74, 6) is 0.893. The maximum absolute atomic E-state index is 14.6. The third kappa shape index (κ3) is 2.67. The molecule has 1 saturated heterocycles. The van der Waals surface area contributed by atoms with Crippen LogP contribution in [0.25, 0.3) is 0 Å². The van der Waals surface area contributed by atoms with E-state index in [2.05, 4.69) is 39.5 Å². The molecule has 5 aliphatic carbocycles. The van der Waals surface area contributed by atoms with Crippen LogP contribution in [0.4, 0.5) is 0 Å². The fraction of sp³-hybridized carbons (Fsp3) is 0.688. The van der Waals surface area contributed by atoms with Crippen molar-refractivity contribution >= 4 is 11.9 Å². The van der Waals surface area contributed by atoms with E-state index in [1.807, 2.05) is 12.1 Å². The molecule has 6 aliphatic rings. The topological polar surface area (TPSA) is 61.8 Å². The van der Waals surface area contributed by atoms with E-state index in [1.165, 1.54) is 12.0 Å². The van der Waals surface area contributed by atoms with E-state index in [0.29, 0.717) is 12.3 Å². The van der Waals surface area contributed by atoms with Crippen molar-refractivity contribution in [2.24, 2.45) is 39.9 Å². The number of rotatable bonds is 4. The highest BCUT2D eigenvalue weighted by atomic mass is 16.6. The first-order chi connectivity index (χ1) is 17.6. The molecule has 7 rings (SSSR count). The van der Waals surface area contributed by atoms with Crippen LogP contribution in [0, 0.1) is 39.9 Å². The van der Waals surface area contributed by atoms with E-state index in [0.717, 1.165) is 49.8 Å². The average Bonchev–Trinajstić information content (AvgIpc) is 3.51. The van der Waals surface area contributed by atoms with Gasteiger partial charge < -0.3 is 14.2 Å². The highest BCUT2D eigenvalue weighted by Crippen LogP contribution is 2.71. The first-order valence-corrected chi connectivity index (χ1v) is 14.4. The molecule has 1 aliphatic heterocycles. The minimum absolute atomic E-state index is 0.0640. The number of methoxy groups -OCH3 is 1. The summed E-state index contributed by atoms with van der Waals surface area (Å²) in [6, 6.07) is 6.18. The normalized spacial score (nSPS) is 46.0. The summed E-state index contributed by atoms with van der Waals surface area (Å²) in [6.07, 6.45) is 9.23. The van der Waals surface area contributed by atoms with Gasteiger partial charge in [0.25, 0.3) is 0 Å². The fourth-order valence-electron chi connectivity index (χ4n) is 10.3. The summed E-state index contributed by atoms with van der Waals surface area (Å²) in [4.78, 5) is 28.8. The van der Waals surface area contributed by atoms with E-state index >= 15 is 0 Å². The van der Waals surface area contributed by atoms with Gasteiger partial charge in [-0.25, -0.2) is 0 Å². The maximum Gasteiger partial charge on any atom is 0.324 e. The summed E-state index contributed by atoms with van der Waals surface area (Å²) >= 11 is 0. The molecule has 1 heterocycles. The molecule has 198 valence electrons. The lowest BCUT2D eigenvalue weighted by molar-refractivity contribution is -0.177. The first-order valence-electron chi connectivity index (χ1n) is 14.4. The zero-order valence-electron chi connectivity index (χ0n) is 22.7. The van der Waals surface area contributed by atoms with Gasteiger partial charge in [0, 0.05) is 29.6 Å². The summed E-state index contributed by atoms with van der Waals surface area (Å²) < 4.78 is 18.6. The Bertz CT molecular complexity index is 1200. The molecule has 0 unspecified atom stereocenters. The molecule has 5 nitrogen and oxygen atoms in total. The number of esters is 2. The standard InChI is InChI=1S/C32H40O5/c1-6-19-9-12-24-22-11-8-18-7-10-21(35-5)16-23(18)26(22)31(17-32(19,24)37-28(31)34)27(33)36-25-15-20-13-14-30(25,4)29(20,2)3/h6-7,10,16,19-20,22,24-26H,1,8-9,11-15,17H2,2-5H3/t19-,20-,22+,24+,25+,26-,30+,31-,32-/m0/s1. The highest BCUT2D eigenvalue weighted by Gasteiger charge is 2.77. The SMILES string of the molecule is C=C[C@H]1CC[C@@H]2[C@H]3CCc4ccc(OC)cc4[C@H]3[C@]3(C(=O)O[C@@H]4C[C@@H]5CC[C@@]4(C)C5(C)C)C[C@@]21OC3=O. The summed E-state index contributed by atoms with van der Waals surface area (Å²) in [7, 11) is 1.67. The largest absolute Gasteiger partial charge is 0.497 e. The summed E-state index contributed by atoms with van der Waals surface area (Å²) in [5, 5.41) is 0. The van der Waals surface area contributed by atoms with Crippen LogP contribution in [0.2, 0.25) is 0 Å². The third-order valence-corrected chi connectivity index (χ3v) is 12.8. The van der Waals surface area contributed by atoms with Crippen LogP contribution in [0.15, 0.2) is 30.9 Å². The van der Waals surface area contributed by atoms with Gasteiger partial charge in [-0.05, 0) is 85.5 Å². The molecule has 37 heavy (non-hydrogen) atoms. The van der Waals surface area contributed by atoms with Crippen molar-refractivity contribution in [1.29, 1.82) is 0 Å². The molecule has 0 N–H and O–H groups in total. The van der Waals surface area contributed by atoms with Gasteiger partial charge in [0.1, 0.15) is 17.5 Å². The van der Waals surface area contributed by atoms with Crippen LogP contribution in [0.1, 0.15) is 82.8 Å². The Morgan fingerprint density at radius 3 is 2.65 bits per heavy atom. The second-order valence-electron chi connectivity index (χ2n) is 13.8. The number of benzene rings is 1. The number of carbonyl (C=O) groups excluding carboxylic acids is 2. The van der Waals surface area contributed by atoms with Crippen LogP contribution in [-0.4, -0.2) is 30.8 Å². The van der Waals surface area contributed by atoms with Gasteiger partial charge in [0.05, 0.1) is 7.11 Å². The van der Waals surface area contributed by atoms with E-state index in [1.54, 1.807) is 7.11 Å². The van der Waals surface area contributed by atoms with Crippen LogP contribution in [0.3, 0.4) is 0 Å². The molecule has 0 radical (unpaired) electrons. The van der Waals surface area contributed by atoms with E-state index in [-0.39, 0.29) is 52.5 Å². The Labute approximate surface area is 220 Å².